The minimum Gasteiger partial charge on any atom is -0.483 e. The summed E-state index contributed by atoms with van der Waals surface area (Å²) in [6, 6.07) is 29.8. The number of halogens is 3. The Bertz CT molecular complexity index is 1600. The lowest BCUT2D eigenvalue weighted by molar-refractivity contribution is -0.123. The van der Waals surface area contributed by atoms with E-state index in [1.165, 1.54) is 22.2 Å². The molecule has 0 fully saturated rings. The van der Waals surface area contributed by atoms with Gasteiger partial charge in [0.15, 0.2) is 0 Å². The fourth-order valence-corrected chi connectivity index (χ4v) is 5.30. The minimum absolute atomic E-state index is 0.00989. The van der Waals surface area contributed by atoms with Gasteiger partial charge in [0.25, 0.3) is 12.9 Å². The fourth-order valence-electron chi connectivity index (χ4n) is 4.87. The van der Waals surface area contributed by atoms with Gasteiger partial charge in [-0.25, -0.2) is 0 Å². The summed E-state index contributed by atoms with van der Waals surface area (Å²) in [7, 11) is 0. The molecule has 6 rings (SSSR count). The van der Waals surface area contributed by atoms with Crippen LogP contribution in [0, 0.1) is 0 Å². The van der Waals surface area contributed by atoms with E-state index in [0.29, 0.717) is 5.02 Å². The second-order valence-electron chi connectivity index (χ2n) is 8.87. The van der Waals surface area contributed by atoms with Gasteiger partial charge in [0.2, 0.25) is 0 Å². The standard InChI is InChI=1S/C29H21Cl3N2O.2CH2O2/c30-19-3-8-22(9-4-19)34-16-15-25-26-17-21(32)7-14-27(26)33-28(25)29(34)18-1-10-23(11-2-18)35-24-12-5-20(31)6-13-24;2*2-1-3/h1-14,17,29,33H,15-16H2;2*1H,(H,2,3). The maximum absolute atomic E-state index is 8.36. The smallest absolute Gasteiger partial charge is 0.290 e. The average Bonchev–Trinajstić information content (AvgIpc) is 3.33. The Hall–Kier alpha value is -4.17. The lowest BCUT2D eigenvalue weighted by Gasteiger charge is -2.38. The number of fused-ring (bicyclic) bond motifs is 3. The monoisotopic (exact) mass is 610 g/mol. The third kappa shape index (κ3) is 7.13. The number of rotatable bonds is 4. The van der Waals surface area contributed by atoms with E-state index in [-0.39, 0.29) is 19.0 Å². The third-order valence-electron chi connectivity index (χ3n) is 6.49. The van der Waals surface area contributed by atoms with Gasteiger partial charge < -0.3 is 24.8 Å². The van der Waals surface area contributed by atoms with Crippen molar-refractivity contribution < 1.29 is 24.5 Å². The summed E-state index contributed by atoms with van der Waals surface area (Å²) in [6.07, 6.45) is 0.923. The van der Waals surface area contributed by atoms with E-state index in [9.17, 15) is 0 Å². The van der Waals surface area contributed by atoms with Crippen LogP contribution in [-0.2, 0) is 16.0 Å². The highest BCUT2D eigenvalue weighted by Crippen LogP contribution is 2.42. The Labute approximate surface area is 251 Å². The molecule has 1 aromatic heterocycles. The highest BCUT2D eigenvalue weighted by atomic mass is 35.5. The molecule has 5 aromatic rings. The summed E-state index contributed by atoms with van der Waals surface area (Å²) in [5.41, 5.74) is 5.91. The molecule has 7 nitrogen and oxygen atoms in total. The van der Waals surface area contributed by atoms with E-state index in [0.717, 1.165) is 45.7 Å². The third-order valence-corrected chi connectivity index (χ3v) is 7.23. The zero-order valence-corrected chi connectivity index (χ0v) is 23.8. The topological polar surface area (TPSA) is 103 Å². The van der Waals surface area contributed by atoms with Crippen molar-refractivity contribution in [3.05, 3.63) is 123 Å². The van der Waals surface area contributed by atoms with Crippen molar-refractivity contribution >= 4 is 64.3 Å². The van der Waals surface area contributed by atoms with Crippen LogP contribution >= 0.6 is 34.8 Å². The highest BCUT2D eigenvalue weighted by molar-refractivity contribution is 6.31. The molecule has 0 saturated heterocycles. The Morgan fingerprint density at radius 3 is 1.85 bits per heavy atom. The van der Waals surface area contributed by atoms with E-state index in [1.54, 1.807) is 0 Å². The molecule has 2 heterocycles. The maximum atomic E-state index is 8.36. The molecule has 1 aliphatic rings. The second-order valence-corrected chi connectivity index (χ2v) is 10.2. The molecule has 0 radical (unpaired) electrons. The Kier molecular flexibility index (Phi) is 10.1. The van der Waals surface area contributed by atoms with Gasteiger partial charge in [-0.15, -0.1) is 0 Å². The first kappa shape index (κ1) is 29.8. The van der Waals surface area contributed by atoms with Crippen LogP contribution in [0.4, 0.5) is 5.69 Å². The van der Waals surface area contributed by atoms with E-state index in [2.05, 4.69) is 46.3 Å². The van der Waals surface area contributed by atoms with Gasteiger partial charge in [0.1, 0.15) is 11.5 Å². The molecule has 0 bridgehead atoms. The first-order valence-electron chi connectivity index (χ1n) is 12.4. The van der Waals surface area contributed by atoms with Crippen LogP contribution in [0.15, 0.2) is 91.0 Å². The predicted molar refractivity (Wildman–Crippen MR) is 163 cm³/mol. The molecule has 1 unspecified atom stereocenters. The number of carbonyl (C=O) groups is 2. The highest BCUT2D eigenvalue weighted by Gasteiger charge is 2.32. The van der Waals surface area contributed by atoms with Crippen LogP contribution in [0.2, 0.25) is 15.1 Å². The molecule has 0 aliphatic carbocycles. The minimum atomic E-state index is -0.250. The molecule has 1 atom stereocenters. The molecular formula is C31H25Cl3N2O5. The molecule has 0 amide bonds. The van der Waals surface area contributed by atoms with Crippen molar-refractivity contribution in [1.82, 2.24) is 4.98 Å². The van der Waals surface area contributed by atoms with Gasteiger partial charge in [0.05, 0.1) is 6.04 Å². The Balaban J connectivity index is 0.000000596. The summed E-state index contributed by atoms with van der Waals surface area (Å²) >= 11 is 18.5. The van der Waals surface area contributed by atoms with Gasteiger partial charge >= 0.3 is 0 Å². The molecule has 3 N–H and O–H groups in total. The van der Waals surface area contributed by atoms with Crippen molar-refractivity contribution in [2.75, 3.05) is 11.4 Å². The normalized spacial score (nSPS) is 13.6. The fraction of sp³-hybridized carbons (Fsp3) is 0.0968. The van der Waals surface area contributed by atoms with Crippen LogP contribution in [-0.4, -0.2) is 34.7 Å². The number of hydrogen-bond acceptors (Lipinski definition) is 4. The van der Waals surface area contributed by atoms with Crippen molar-refractivity contribution in [3.8, 4) is 11.5 Å². The average molecular weight is 612 g/mol. The first-order valence-corrected chi connectivity index (χ1v) is 13.5. The molecule has 41 heavy (non-hydrogen) atoms. The number of ether oxygens (including phenoxy) is 1. The van der Waals surface area contributed by atoms with E-state index in [4.69, 9.17) is 59.3 Å². The van der Waals surface area contributed by atoms with Crippen molar-refractivity contribution in [2.24, 2.45) is 0 Å². The summed E-state index contributed by atoms with van der Waals surface area (Å²) in [5, 5.41) is 17.1. The van der Waals surface area contributed by atoms with E-state index < -0.39 is 0 Å². The molecule has 0 spiro atoms. The number of anilines is 1. The first-order chi connectivity index (χ1) is 19.9. The lowest BCUT2D eigenvalue weighted by atomic mass is 9.91. The number of H-pyrrole nitrogens is 1. The SMILES string of the molecule is Clc1ccc(Oc2ccc(C3c4[nH]c5ccc(Cl)cc5c4CCN3c3ccc(Cl)cc3)cc2)cc1.O=CO.O=CO. The van der Waals surface area contributed by atoms with Crippen LogP contribution in [0.25, 0.3) is 10.9 Å². The zero-order valence-electron chi connectivity index (χ0n) is 21.5. The van der Waals surface area contributed by atoms with Gasteiger partial charge in [-0.2, -0.15) is 0 Å². The zero-order chi connectivity index (χ0) is 29.4. The van der Waals surface area contributed by atoms with Crippen molar-refractivity contribution in [1.29, 1.82) is 0 Å². The van der Waals surface area contributed by atoms with Gasteiger partial charge in [-0.05, 0) is 96.4 Å². The van der Waals surface area contributed by atoms with Crippen molar-refractivity contribution in [3.63, 3.8) is 0 Å². The van der Waals surface area contributed by atoms with Crippen LogP contribution in [0.1, 0.15) is 22.9 Å². The second kappa shape index (κ2) is 13.9. The Morgan fingerprint density at radius 1 is 0.756 bits per heavy atom. The largest absolute Gasteiger partial charge is 0.483 e. The summed E-state index contributed by atoms with van der Waals surface area (Å²) < 4.78 is 6.02. The number of benzene rings is 4. The van der Waals surface area contributed by atoms with E-state index in [1.807, 2.05) is 54.6 Å². The van der Waals surface area contributed by atoms with Crippen molar-refractivity contribution in [2.45, 2.75) is 12.5 Å². The lowest BCUT2D eigenvalue weighted by Crippen LogP contribution is -2.36. The van der Waals surface area contributed by atoms with Crippen LogP contribution in [0.3, 0.4) is 0 Å². The number of hydrogen-bond donors (Lipinski definition) is 3. The summed E-state index contributed by atoms with van der Waals surface area (Å²) in [6.45, 7) is 0.377. The van der Waals surface area contributed by atoms with Gasteiger partial charge in [-0.1, -0.05) is 46.9 Å². The molecule has 10 heteroatoms. The van der Waals surface area contributed by atoms with E-state index >= 15 is 0 Å². The summed E-state index contributed by atoms with van der Waals surface area (Å²) in [5.74, 6) is 1.52. The van der Waals surface area contributed by atoms with Crippen LogP contribution in [0.5, 0.6) is 11.5 Å². The predicted octanol–water partition coefficient (Wildman–Crippen LogP) is 8.47. The molecule has 1 aliphatic heterocycles. The number of carboxylic acid groups (broad SMARTS) is 2. The summed E-state index contributed by atoms with van der Waals surface area (Å²) in [4.78, 5) is 22.8. The number of nitrogens with one attached hydrogen (secondary N) is 1. The van der Waals surface area contributed by atoms with Gasteiger partial charge in [0, 0.05) is 43.9 Å². The molecule has 0 saturated carbocycles. The Morgan fingerprint density at radius 2 is 1.27 bits per heavy atom. The number of aromatic nitrogens is 1. The molecule has 210 valence electrons. The van der Waals surface area contributed by atoms with Gasteiger partial charge in [-0.3, -0.25) is 9.59 Å². The quantitative estimate of drug-likeness (QED) is 0.176. The number of aromatic amines is 1. The molecular weight excluding hydrogens is 587 g/mol. The molecule has 4 aromatic carbocycles. The number of nitrogens with zero attached hydrogens (tertiary/aromatic N) is 1. The van der Waals surface area contributed by atoms with Crippen LogP contribution < -0.4 is 9.64 Å². The maximum Gasteiger partial charge on any atom is 0.290 e.